The van der Waals surface area contributed by atoms with Gasteiger partial charge in [-0.3, -0.25) is 0 Å². The predicted molar refractivity (Wildman–Crippen MR) is 36.4 cm³/mol. The van der Waals surface area contributed by atoms with Gasteiger partial charge in [0.1, 0.15) is 0 Å². The molecule has 0 bridgehead atoms. The Labute approximate surface area is 76.3 Å². The summed E-state index contributed by atoms with van der Waals surface area (Å²) in [6.45, 7) is 2.70. The summed E-state index contributed by atoms with van der Waals surface area (Å²) in [7, 11) is 0. The molecule has 0 fully saturated rings. The van der Waals surface area contributed by atoms with Crippen LogP contribution in [0.3, 0.4) is 0 Å². The van der Waals surface area contributed by atoms with Crippen LogP contribution in [0.1, 0.15) is 6.92 Å². The third-order valence-corrected chi connectivity index (χ3v) is 0.999. The quantitative estimate of drug-likeness (QED) is 0.485. The Morgan fingerprint density at radius 2 is 2.00 bits per heavy atom. The van der Waals surface area contributed by atoms with E-state index in [0.29, 0.717) is 0 Å². The molecular weight excluding hydrogens is 160 g/mol. The smallest absolute Gasteiger partial charge is 0.0822 e. The van der Waals surface area contributed by atoms with Crippen LogP contribution in [-0.2, 0) is 21.7 Å². The van der Waals surface area contributed by atoms with E-state index in [-0.39, 0.29) is 21.7 Å². The summed E-state index contributed by atoms with van der Waals surface area (Å²) in [4.78, 5) is 0. The van der Waals surface area contributed by atoms with Crippen molar-refractivity contribution >= 4 is 0 Å². The van der Waals surface area contributed by atoms with Gasteiger partial charge in [-0.15, -0.1) is 12.1 Å². The van der Waals surface area contributed by atoms with E-state index in [2.05, 4.69) is 6.07 Å². The van der Waals surface area contributed by atoms with Crippen molar-refractivity contribution in [2.24, 2.45) is 0 Å². The Kier molecular flexibility index (Phi) is 5.37. The first-order valence-electron chi connectivity index (χ1n) is 3.02. The minimum atomic E-state index is 0. The van der Waals surface area contributed by atoms with Gasteiger partial charge >= 0.3 is 0 Å². The second-order valence-corrected chi connectivity index (χ2v) is 1.67. The zero-order chi connectivity index (χ0) is 6.53. The monoisotopic (exact) mass is 169 g/mol. The molecule has 52 valence electrons. The molecule has 0 spiro atoms. The van der Waals surface area contributed by atoms with Crippen LogP contribution in [0.15, 0.2) is 24.3 Å². The first-order chi connectivity index (χ1) is 4.43. The van der Waals surface area contributed by atoms with Gasteiger partial charge in [-0.1, -0.05) is 0 Å². The molecule has 10 heavy (non-hydrogen) atoms. The Morgan fingerprint density at radius 1 is 1.40 bits per heavy atom. The van der Waals surface area contributed by atoms with Crippen LogP contribution in [-0.4, -0.2) is 6.61 Å². The van der Waals surface area contributed by atoms with Crippen molar-refractivity contribution in [2.45, 2.75) is 6.92 Å². The summed E-state index contributed by atoms with van der Waals surface area (Å²) in [6.07, 6.45) is 0. The third kappa shape index (κ3) is 3.04. The van der Waals surface area contributed by atoms with Crippen LogP contribution in [0.4, 0.5) is 0 Å². The van der Waals surface area contributed by atoms with E-state index in [9.17, 15) is 0 Å². The molecule has 0 saturated carbocycles. The molecule has 0 aliphatic rings. The zero-order valence-corrected chi connectivity index (χ0v) is 7.49. The fraction of sp³-hybridized carbons (Fsp3) is 0.250. The molecule has 0 amide bonds. The van der Waals surface area contributed by atoms with Crippen LogP contribution < -0.4 is 4.74 Å². The van der Waals surface area contributed by atoms with Crippen molar-refractivity contribution in [3.8, 4) is 5.75 Å². The second kappa shape index (κ2) is 5.51. The van der Waals surface area contributed by atoms with Crippen LogP contribution in [0.25, 0.3) is 0 Å². The average molecular weight is 169 g/mol. The third-order valence-electron chi connectivity index (χ3n) is 0.999. The number of ether oxygens (including phenoxy) is 1. The SMILES string of the molecule is CCOc1cc[c-]cc1.[Ti]. The van der Waals surface area contributed by atoms with Crippen LogP contribution in [0.5, 0.6) is 5.75 Å². The molecule has 0 saturated heterocycles. The van der Waals surface area contributed by atoms with Crippen LogP contribution >= 0.6 is 0 Å². The molecule has 1 aromatic rings. The molecular formula is C8H9OTi-. The maximum Gasteiger partial charge on any atom is 0.0822 e. The van der Waals surface area contributed by atoms with E-state index in [1.54, 1.807) is 0 Å². The molecule has 0 heterocycles. The summed E-state index contributed by atoms with van der Waals surface area (Å²) < 4.78 is 5.19. The summed E-state index contributed by atoms with van der Waals surface area (Å²) in [5.74, 6) is 0.913. The van der Waals surface area contributed by atoms with Crippen LogP contribution in [0.2, 0.25) is 0 Å². The molecule has 1 rings (SSSR count). The number of benzene rings is 1. The maximum absolute atomic E-state index is 5.19. The Bertz CT molecular complexity index is 162. The Hall–Kier alpha value is -0.266. The number of hydrogen-bond acceptors (Lipinski definition) is 1. The molecule has 0 unspecified atom stereocenters. The first kappa shape index (κ1) is 9.73. The van der Waals surface area contributed by atoms with Gasteiger partial charge in [0.25, 0.3) is 0 Å². The first-order valence-corrected chi connectivity index (χ1v) is 3.02. The number of rotatable bonds is 2. The summed E-state index contributed by atoms with van der Waals surface area (Å²) in [6, 6.07) is 10.4. The second-order valence-electron chi connectivity index (χ2n) is 1.67. The molecule has 0 aromatic heterocycles. The van der Waals surface area contributed by atoms with Crippen molar-refractivity contribution in [2.75, 3.05) is 6.61 Å². The normalized spacial score (nSPS) is 8.10. The minimum Gasteiger partial charge on any atom is -0.519 e. The van der Waals surface area contributed by atoms with Crippen molar-refractivity contribution < 1.29 is 26.5 Å². The molecule has 1 nitrogen and oxygen atoms in total. The molecule has 0 aliphatic heterocycles. The molecule has 1 aromatic carbocycles. The summed E-state index contributed by atoms with van der Waals surface area (Å²) >= 11 is 0. The molecule has 0 N–H and O–H groups in total. The van der Waals surface area contributed by atoms with Gasteiger partial charge in [0, 0.05) is 27.5 Å². The zero-order valence-electron chi connectivity index (χ0n) is 5.92. The Morgan fingerprint density at radius 3 is 2.50 bits per heavy atom. The van der Waals surface area contributed by atoms with Crippen molar-refractivity contribution in [1.82, 2.24) is 0 Å². The van der Waals surface area contributed by atoms with E-state index < -0.39 is 0 Å². The minimum absolute atomic E-state index is 0. The van der Waals surface area contributed by atoms with E-state index in [1.165, 1.54) is 0 Å². The van der Waals surface area contributed by atoms with E-state index in [1.807, 2.05) is 31.2 Å². The molecule has 2 heteroatoms. The van der Waals surface area contributed by atoms with E-state index in [0.717, 1.165) is 12.4 Å². The van der Waals surface area contributed by atoms with Gasteiger partial charge < -0.3 is 4.74 Å². The van der Waals surface area contributed by atoms with Gasteiger partial charge in [-0.25, -0.2) is 0 Å². The average Bonchev–Trinajstić information content (AvgIpc) is 1.91. The molecule has 0 aliphatic carbocycles. The van der Waals surface area contributed by atoms with Crippen molar-refractivity contribution in [3.63, 3.8) is 0 Å². The van der Waals surface area contributed by atoms with E-state index in [4.69, 9.17) is 4.74 Å². The molecule has 0 radical (unpaired) electrons. The maximum atomic E-state index is 5.19. The van der Waals surface area contributed by atoms with Crippen molar-refractivity contribution in [1.29, 1.82) is 0 Å². The van der Waals surface area contributed by atoms with Gasteiger partial charge in [-0.05, 0) is 6.92 Å². The number of hydrogen-bond donors (Lipinski definition) is 0. The summed E-state index contributed by atoms with van der Waals surface area (Å²) in [5, 5.41) is 0. The van der Waals surface area contributed by atoms with Gasteiger partial charge in [-0.2, -0.15) is 18.2 Å². The molecule has 0 atom stereocenters. The topological polar surface area (TPSA) is 9.23 Å². The van der Waals surface area contributed by atoms with E-state index >= 15 is 0 Å². The summed E-state index contributed by atoms with van der Waals surface area (Å²) in [5.41, 5.74) is 0. The van der Waals surface area contributed by atoms with Gasteiger partial charge in [0.2, 0.25) is 0 Å². The van der Waals surface area contributed by atoms with Crippen LogP contribution in [0, 0.1) is 6.07 Å². The van der Waals surface area contributed by atoms with Gasteiger partial charge in [0.15, 0.2) is 0 Å². The van der Waals surface area contributed by atoms with Gasteiger partial charge in [0.05, 0.1) is 6.61 Å². The Balaban J connectivity index is 0.000000810. The largest absolute Gasteiger partial charge is 0.519 e. The van der Waals surface area contributed by atoms with Crippen molar-refractivity contribution in [3.05, 3.63) is 30.3 Å². The fourth-order valence-corrected chi connectivity index (χ4v) is 0.634. The standard InChI is InChI=1S/C8H9O.Ti/c1-2-9-8-6-4-3-5-7-8;/h4-7H,2H2,1H3;/q-1;. The predicted octanol–water partition coefficient (Wildman–Crippen LogP) is 1.88. The fourth-order valence-electron chi connectivity index (χ4n) is 0.634.